The Balaban J connectivity index is 2.01. The van der Waals surface area contributed by atoms with Crippen molar-refractivity contribution in [3.8, 4) is 0 Å². The Kier molecular flexibility index (Phi) is 4.86. The molecule has 0 N–H and O–H groups in total. The number of hydrogen-bond acceptors (Lipinski definition) is 2. The van der Waals surface area contributed by atoms with Crippen molar-refractivity contribution in [3.05, 3.63) is 23.0 Å². The Morgan fingerprint density at radius 3 is 2.47 bits per heavy atom. The molecule has 0 aromatic rings. The first-order chi connectivity index (χ1) is 8.33. The van der Waals surface area contributed by atoms with Crippen LogP contribution in [-0.2, 0) is 4.79 Å². The lowest BCUT2D eigenvalue weighted by Gasteiger charge is -2.34. The van der Waals surface area contributed by atoms with Gasteiger partial charge in [0.1, 0.15) is 0 Å². The van der Waals surface area contributed by atoms with Crippen LogP contribution in [0.2, 0.25) is 0 Å². The fourth-order valence-electron chi connectivity index (χ4n) is 2.62. The van der Waals surface area contributed by atoms with Gasteiger partial charge in [0.05, 0.1) is 6.04 Å². The molecular weight excluding hydrogens is 230 g/mol. The topological polar surface area (TPSA) is 20.3 Å². The van der Waals surface area contributed by atoms with Gasteiger partial charge in [-0.05, 0) is 43.2 Å². The van der Waals surface area contributed by atoms with Crippen LogP contribution in [0.15, 0.2) is 23.0 Å². The SMILES string of the molecule is CCCC(C(=O)[SH]1C=CC=C1)N1CCCCC1. The third-order valence-corrected chi connectivity index (χ3v) is 5.33. The summed E-state index contributed by atoms with van der Waals surface area (Å²) in [7, 11) is -0.624. The second-order valence-electron chi connectivity index (χ2n) is 4.83. The number of rotatable bonds is 4. The molecule has 0 bridgehead atoms. The van der Waals surface area contributed by atoms with E-state index < -0.39 is 10.9 Å². The van der Waals surface area contributed by atoms with E-state index in [0.717, 1.165) is 25.9 Å². The van der Waals surface area contributed by atoms with Crippen LogP contribution in [0.3, 0.4) is 0 Å². The maximum absolute atomic E-state index is 12.5. The largest absolute Gasteiger partial charge is 0.293 e. The van der Waals surface area contributed by atoms with Crippen molar-refractivity contribution in [1.29, 1.82) is 0 Å². The van der Waals surface area contributed by atoms with Gasteiger partial charge >= 0.3 is 0 Å². The Bertz CT molecular complexity index is 306. The van der Waals surface area contributed by atoms with Crippen LogP contribution in [0.1, 0.15) is 39.0 Å². The average molecular weight is 253 g/mol. The number of likely N-dealkylation sites (tertiary alicyclic amines) is 1. The molecule has 2 nitrogen and oxygen atoms in total. The third-order valence-electron chi connectivity index (χ3n) is 3.54. The summed E-state index contributed by atoms with van der Waals surface area (Å²) in [4.78, 5) is 14.9. The van der Waals surface area contributed by atoms with E-state index in [1.807, 2.05) is 12.2 Å². The van der Waals surface area contributed by atoms with Crippen molar-refractivity contribution < 1.29 is 4.79 Å². The van der Waals surface area contributed by atoms with Gasteiger partial charge in [-0.3, -0.25) is 9.69 Å². The molecule has 2 aliphatic heterocycles. The van der Waals surface area contributed by atoms with Crippen LogP contribution < -0.4 is 0 Å². The molecule has 2 heterocycles. The van der Waals surface area contributed by atoms with Gasteiger partial charge in [0.25, 0.3) is 0 Å². The predicted molar refractivity (Wildman–Crippen MR) is 76.4 cm³/mol. The van der Waals surface area contributed by atoms with Crippen LogP contribution in [0.4, 0.5) is 0 Å². The molecule has 0 amide bonds. The van der Waals surface area contributed by atoms with E-state index in [9.17, 15) is 4.79 Å². The number of nitrogens with zero attached hydrogens (tertiary/aromatic N) is 1. The van der Waals surface area contributed by atoms with Crippen molar-refractivity contribution in [3.63, 3.8) is 0 Å². The highest BCUT2D eigenvalue weighted by molar-refractivity contribution is 8.34. The number of piperidine rings is 1. The number of carbonyl (C=O) groups is 1. The zero-order valence-corrected chi connectivity index (χ0v) is 11.5. The molecule has 1 saturated heterocycles. The predicted octanol–water partition coefficient (Wildman–Crippen LogP) is 3.21. The van der Waals surface area contributed by atoms with E-state index in [-0.39, 0.29) is 6.04 Å². The maximum Gasteiger partial charge on any atom is 0.193 e. The molecule has 2 aliphatic rings. The number of allylic oxidation sites excluding steroid dienone is 2. The number of carbonyl (C=O) groups excluding carboxylic acids is 1. The Hall–Kier alpha value is -0.540. The standard InChI is InChI=1S/C14H23NOS/c1-2-8-13(15-9-4-3-5-10-15)14(16)17-11-6-7-12-17/h6-7,11-13,17H,2-5,8-10H2,1H3. The molecular formula is C14H23NOS. The molecule has 0 aromatic heterocycles. The minimum atomic E-state index is -0.624. The maximum atomic E-state index is 12.5. The van der Waals surface area contributed by atoms with Gasteiger partial charge in [-0.1, -0.05) is 31.9 Å². The molecule has 3 heteroatoms. The first-order valence-corrected chi connectivity index (χ1v) is 8.22. The normalized spacial score (nSPS) is 24.2. The quantitative estimate of drug-likeness (QED) is 0.776. The van der Waals surface area contributed by atoms with Crippen LogP contribution >= 0.6 is 10.9 Å². The average Bonchev–Trinajstić information content (AvgIpc) is 2.90. The molecule has 0 spiro atoms. The molecule has 0 radical (unpaired) electrons. The van der Waals surface area contributed by atoms with Gasteiger partial charge in [0.2, 0.25) is 0 Å². The smallest absolute Gasteiger partial charge is 0.193 e. The highest BCUT2D eigenvalue weighted by Crippen LogP contribution is 2.37. The lowest BCUT2D eigenvalue weighted by atomic mass is 10.1. The molecule has 96 valence electrons. The van der Waals surface area contributed by atoms with Crippen LogP contribution in [0, 0.1) is 0 Å². The van der Waals surface area contributed by atoms with E-state index in [1.165, 1.54) is 19.3 Å². The van der Waals surface area contributed by atoms with Gasteiger partial charge in [-0.15, -0.1) is 0 Å². The molecule has 17 heavy (non-hydrogen) atoms. The zero-order valence-electron chi connectivity index (χ0n) is 10.6. The first-order valence-electron chi connectivity index (χ1n) is 6.74. The summed E-state index contributed by atoms with van der Waals surface area (Å²) in [5.74, 6) is 0. The molecule has 2 rings (SSSR count). The van der Waals surface area contributed by atoms with Crippen molar-refractivity contribution in [2.45, 2.75) is 45.1 Å². The minimum absolute atomic E-state index is 0.179. The summed E-state index contributed by atoms with van der Waals surface area (Å²) in [6, 6.07) is 0.179. The Morgan fingerprint density at radius 1 is 1.24 bits per heavy atom. The van der Waals surface area contributed by atoms with Crippen molar-refractivity contribution in [2.24, 2.45) is 0 Å². The van der Waals surface area contributed by atoms with Gasteiger partial charge in [-0.2, -0.15) is 10.9 Å². The van der Waals surface area contributed by atoms with Crippen molar-refractivity contribution in [1.82, 2.24) is 4.90 Å². The Morgan fingerprint density at radius 2 is 1.88 bits per heavy atom. The summed E-state index contributed by atoms with van der Waals surface area (Å²) in [5, 5.41) is 4.64. The zero-order chi connectivity index (χ0) is 12.1. The molecule has 0 saturated carbocycles. The van der Waals surface area contributed by atoms with Crippen LogP contribution in [0.5, 0.6) is 0 Å². The first kappa shape index (κ1) is 12.9. The summed E-state index contributed by atoms with van der Waals surface area (Å²) in [6.45, 7) is 4.41. The highest BCUT2D eigenvalue weighted by Gasteiger charge is 2.28. The summed E-state index contributed by atoms with van der Waals surface area (Å²) < 4.78 is 0. The molecule has 1 unspecified atom stereocenters. The van der Waals surface area contributed by atoms with E-state index in [4.69, 9.17) is 0 Å². The fourth-order valence-corrected chi connectivity index (χ4v) is 4.22. The van der Waals surface area contributed by atoms with Crippen LogP contribution in [0.25, 0.3) is 0 Å². The van der Waals surface area contributed by atoms with E-state index >= 15 is 0 Å². The van der Waals surface area contributed by atoms with Crippen molar-refractivity contribution in [2.75, 3.05) is 13.1 Å². The lowest BCUT2D eigenvalue weighted by Crippen LogP contribution is -2.43. The summed E-state index contributed by atoms with van der Waals surface area (Å²) in [5.41, 5.74) is 0. The second kappa shape index (κ2) is 6.41. The van der Waals surface area contributed by atoms with E-state index in [2.05, 4.69) is 22.6 Å². The lowest BCUT2D eigenvalue weighted by molar-refractivity contribution is -0.116. The van der Waals surface area contributed by atoms with Crippen molar-refractivity contribution >= 4 is 16.0 Å². The van der Waals surface area contributed by atoms with Crippen LogP contribution in [-0.4, -0.2) is 29.1 Å². The Labute approximate surface area is 107 Å². The fraction of sp³-hybridized carbons (Fsp3) is 0.643. The summed E-state index contributed by atoms with van der Waals surface area (Å²) in [6.07, 6.45) is 10.0. The minimum Gasteiger partial charge on any atom is -0.293 e. The molecule has 0 aromatic carbocycles. The number of hydrogen-bond donors (Lipinski definition) is 1. The number of thiol groups is 1. The molecule has 1 fully saturated rings. The van der Waals surface area contributed by atoms with Gasteiger partial charge in [-0.25, -0.2) is 0 Å². The van der Waals surface area contributed by atoms with Gasteiger partial charge in [0, 0.05) is 0 Å². The molecule has 1 atom stereocenters. The van der Waals surface area contributed by atoms with E-state index in [1.54, 1.807) is 0 Å². The van der Waals surface area contributed by atoms with E-state index in [0.29, 0.717) is 5.12 Å². The van der Waals surface area contributed by atoms with Gasteiger partial charge in [0.15, 0.2) is 5.12 Å². The molecule has 0 aliphatic carbocycles. The van der Waals surface area contributed by atoms with Gasteiger partial charge < -0.3 is 0 Å². The third kappa shape index (κ3) is 3.23. The highest BCUT2D eigenvalue weighted by atomic mass is 32.2. The monoisotopic (exact) mass is 253 g/mol. The second-order valence-corrected chi connectivity index (χ2v) is 6.68. The summed E-state index contributed by atoms with van der Waals surface area (Å²) >= 11 is 0.